The molecule has 10 heteroatoms. The van der Waals surface area contributed by atoms with Gasteiger partial charge in [0.25, 0.3) is 0 Å². The number of nitrogens with one attached hydrogen (secondary N) is 2. The van der Waals surface area contributed by atoms with E-state index in [1.807, 2.05) is 0 Å². The van der Waals surface area contributed by atoms with Gasteiger partial charge >= 0.3 is 11.8 Å². The van der Waals surface area contributed by atoms with E-state index in [0.717, 1.165) is 9.75 Å². The Bertz CT molecular complexity index is 758. The molecule has 24 heavy (non-hydrogen) atoms. The second kappa shape index (κ2) is 8.39. The fourth-order valence-electron chi connectivity index (χ4n) is 1.50. The summed E-state index contributed by atoms with van der Waals surface area (Å²) in [5, 5.41) is 7.72. The standard InChI is InChI=1S/C14H12Cl2N4O2S2/c1-7(9-3-5-11(15)23-9)17-19-13(21)14(22)20-18-8(2)10-4-6-12(16)24-10/h3-6H,1-2H3,(H,19,21)(H,20,22). The number of halogens is 2. The lowest BCUT2D eigenvalue weighted by atomic mass is 10.3. The van der Waals surface area contributed by atoms with Gasteiger partial charge in [-0.1, -0.05) is 23.2 Å². The highest BCUT2D eigenvalue weighted by atomic mass is 35.5. The normalized spacial score (nSPS) is 12.2. The van der Waals surface area contributed by atoms with E-state index in [-0.39, 0.29) is 0 Å². The van der Waals surface area contributed by atoms with Crippen molar-refractivity contribution < 1.29 is 9.59 Å². The third kappa shape index (κ3) is 5.13. The fourth-order valence-corrected chi connectivity index (χ4v) is 3.47. The van der Waals surface area contributed by atoms with Gasteiger partial charge in [0.05, 0.1) is 29.9 Å². The van der Waals surface area contributed by atoms with E-state index in [2.05, 4.69) is 21.1 Å². The van der Waals surface area contributed by atoms with Gasteiger partial charge in [-0.2, -0.15) is 10.2 Å². The number of carbonyl (C=O) groups is 2. The van der Waals surface area contributed by atoms with Crippen LogP contribution < -0.4 is 10.9 Å². The van der Waals surface area contributed by atoms with Crippen molar-refractivity contribution in [1.82, 2.24) is 10.9 Å². The lowest BCUT2D eigenvalue weighted by molar-refractivity contribution is -0.139. The van der Waals surface area contributed by atoms with Gasteiger partial charge in [-0.3, -0.25) is 9.59 Å². The molecule has 2 amide bonds. The van der Waals surface area contributed by atoms with Crippen LogP contribution in [0.1, 0.15) is 23.6 Å². The molecule has 0 bridgehead atoms. The molecule has 2 N–H and O–H groups in total. The zero-order chi connectivity index (χ0) is 17.7. The molecule has 0 atom stereocenters. The molecule has 0 fully saturated rings. The molecule has 0 aliphatic carbocycles. The Morgan fingerprint density at radius 2 is 1.21 bits per heavy atom. The summed E-state index contributed by atoms with van der Waals surface area (Å²) in [6.45, 7) is 3.40. The first-order valence-electron chi connectivity index (χ1n) is 6.57. The Morgan fingerprint density at radius 3 is 1.50 bits per heavy atom. The summed E-state index contributed by atoms with van der Waals surface area (Å²) in [4.78, 5) is 25.0. The molecule has 2 heterocycles. The number of hydrogen-bond donors (Lipinski definition) is 2. The minimum absolute atomic E-state index is 0.543. The van der Waals surface area contributed by atoms with Crippen molar-refractivity contribution in [3.05, 3.63) is 42.7 Å². The van der Waals surface area contributed by atoms with Crippen molar-refractivity contribution in [2.75, 3.05) is 0 Å². The monoisotopic (exact) mass is 402 g/mol. The number of hydrogen-bond acceptors (Lipinski definition) is 6. The highest BCUT2D eigenvalue weighted by molar-refractivity contribution is 7.18. The van der Waals surface area contributed by atoms with E-state index < -0.39 is 11.8 Å². The molecule has 2 aromatic heterocycles. The first kappa shape index (κ1) is 18.6. The van der Waals surface area contributed by atoms with Crippen LogP contribution >= 0.6 is 45.9 Å². The van der Waals surface area contributed by atoms with Crippen molar-refractivity contribution in [2.24, 2.45) is 10.2 Å². The predicted octanol–water partition coefficient (Wildman–Crippen LogP) is 3.50. The predicted molar refractivity (Wildman–Crippen MR) is 99.4 cm³/mol. The Hall–Kier alpha value is -1.74. The van der Waals surface area contributed by atoms with Gasteiger partial charge in [-0.15, -0.1) is 22.7 Å². The quantitative estimate of drug-likeness (QED) is 0.465. The van der Waals surface area contributed by atoms with Crippen LogP contribution in [0, 0.1) is 0 Å². The van der Waals surface area contributed by atoms with Gasteiger partial charge in [0.1, 0.15) is 0 Å². The van der Waals surface area contributed by atoms with Gasteiger partial charge < -0.3 is 0 Å². The van der Waals surface area contributed by atoms with Gasteiger partial charge in [0.2, 0.25) is 0 Å². The number of carbonyl (C=O) groups excluding carboxylic acids is 2. The number of thiophene rings is 2. The summed E-state index contributed by atoms with van der Waals surface area (Å²) < 4.78 is 1.23. The summed E-state index contributed by atoms with van der Waals surface area (Å²) in [5.41, 5.74) is 5.43. The number of hydrazone groups is 2. The highest BCUT2D eigenvalue weighted by Crippen LogP contribution is 2.22. The molecule has 0 aromatic carbocycles. The van der Waals surface area contributed by atoms with Crippen molar-refractivity contribution >= 4 is 69.1 Å². The van der Waals surface area contributed by atoms with Crippen LogP contribution in [0.5, 0.6) is 0 Å². The molecular weight excluding hydrogens is 391 g/mol. The van der Waals surface area contributed by atoms with Crippen molar-refractivity contribution in [3.8, 4) is 0 Å². The maximum Gasteiger partial charge on any atom is 0.331 e. The molecule has 0 radical (unpaired) electrons. The van der Waals surface area contributed by atoms with Crippen molar-refractivity contribution in [3.63, 3.8) is 0 Å². The van der Waals surface area contributed by atoms with E-state index >= 15 is 0 Å². The molecule has 0 aliphatic rings. The van der Waals surface area contributed by atoms with Crippen molar-refractivity contribution in [2.45, 2.75) is 13.8 Å². The second-order valence-corrected chi connectivity index (χ2v) is 7.91. The summed E-state index contributed by atoms with van der Waals surface area (Å²) >= 11 is 14.3. The summed E-state index contributed by atoms with van der Waals surface area (Å²) in [7, 11) is 0. The second-order valence-electron chi connectivity index (χ2n) is 4.48. The van der Waals surface area contributed by atoms with Crippen LogP contribution in [0.4, 0.5) is 0 Å². The van der Waals surface area contributed by atoms with E-state index in [9.17, 15) is 9.59 Å². The van der Waals surface area contributed by atoms with Crippen LogP contribution in [-0.2, 0) is 9.59 Å². The first-order valence-corrected chi connectivity index (χ1v) is 8.96. The third-order valence-electron chi connectivity index (χ3n) is 2.72. The van der Waals surface area contributed by atoms with E-state index in [1.54, 1.807) is 38.1 Å². The van der Waals surface area contributed by atoms with Crippen molar-refractivity contribution in [1.29, 1.82) is 0 Å². The van der Waals surface area contributed by atoms with Crippen LogP contribution in [-0.4, -0.2) is 23.2 Å². The lowest BCUT2D eigenvalue weighted by Gasteiger charge is -2.01. The summed E-state index contributed by atoms with van der Waals surface area (Å²) in [6.07, 6.45) is 0. The van der Waals surface area contributed by atoms with Gasteiger partial charge in [-0.25, -0.2) is 10.9 Å². The first-order chi connectivity index (χ1) is 11.4. The largest absolute Gasteiger partial charge is 0.331 e. The number of nitrogens with zero attached hydrogens (tertiary/aromatic N) is 2. The minimum atomic E-state index is -0.919. The Kier molecular flexibility index (Phi) is 6.50. The van der Waals surface area contributed by atoms with Crippen LogP contribution in [0.25, 0.3) is 0 Å². The number of rotatable bonds is 4. The lowest BCUT2D eigenvalue weighted by Crippen LogP contribution is -2.36. The van der Waals surface area contributed by atoms with E-state index in [0.29, 0.717) is 20.1 Å². The number of amides is 2. The summed E-state index contributed by atoms with van der Waals surface area (Å²) in [6, 6.07) is 7.00. The molecule has 0 unspecified atom stereocenters. The highest BCUT2D eigenvalue weighted by Gasteiger charge is 2.13. The fraction of sp³-hybridized carbons (Fsp3) is 0.143. The van der Waals surface area contributed by atoms with Crippen LogP contribution in [0.15, 0.2) is 34.5 Å². The SMILES string of the molecule is CC(=NNC(=O)C(=O)NN=C(C)c1ccc(Cl)s1)c1ccc(Cl)s1. The molecule has 6 nitrogen and oxygen atoms in total. The Balaban J connectivity index is 1.91. The maximum absolute atomic E-state index is 11.7. The van der Waals surface area contributed by atoms with Crippen LogP contribution in [0.2, 0.25) is 8.67 Å². The zero-order valence-electron chi connectivity index (χ0n) is 12.6. The van der Waals surface area contributed by atoms with Gasteiger partial charge in [0.15, 0.2) is 0 Å². The molecule has 2 aromatic rings. The minimum Gasteiger partial charge on any atom is -0.262 e. The van der Waals surface area contributed by atoms with E-state index in [1.165, 1.54) is 22.7 Å². The topological polar surface area (TPSA) is 82.9 Å². The van der Waals surface area contributed by atoms with Gasteiger partial charge in [-0.05, 0) is 38.1 Å². The van der Waals surface area contributed by atoms with Gasteiger partial charge in [0, 0.05) is 0 Å². The average Bonchev–Trinajstić information content (AvgIpc) is 3.18. The molecule has 0 saturated carbocycles. The molecule has 0 aliphatic heterocycles. The smallest absolute Gasteiger partial charge is 0.262 e. The Labute approximate surface area is 156 Å². The Morgan fingerprint density at radius 1 is 0.833 bits per heavy atom. The molecule has 0 spiro atoms. The zero-order valence-corrected chi connectivity index (χ0v) is 15.7. The third-order valence-corrected chi connectivity index (χ3v) is 5.40. The maximum atomic E-state index is 11.7. The molecule has 2 rings (SSSR count). The van der Waals surface area contributed by atoms with Crippen LogP contribution in [0.3, 0.4) is 0 Å². The molecule has 0 saturated heterocycles. The summed E-state index contributed by atoms with van der Waals surface area (Å²) in [5.74, 6) is -1.84. The molecular formula is C14H12Cl2N4O2S2. The van der Waals surface area contributed by atoms with E-state index in [4.69, 9.17) is 23.2 Å². The molecule has 126 valence electrons. The average molecular weight is 403 g/mol.